The number of carbonyl (C=O) groups excluding carboxylic acids is 1. The summed E-state index contributed by atoms with van der Waals surface area (Å²) in [6, 6.07) is 7.94. The first kappa shape index (κ1) is 17.8. The summed E-state index contributed by atoms with van der Waals surface area (Å²) in [5.41, 5.74) is 6.28. The van der Waals surface area contributed by atoms with Crippen molar-refractivity contribution in [1.29, 1.82) is 0 Å². The third-order valence-corrected chi connectivity index (χ3v) is 3.37. The molecule has 1 aromatic carbocycles. The second-order valence-electron chi connectivity index (χ2n) is 5.77. The first-order valence-corrected chi connectivity index (χ1v) is 7.79. The van der Waals surface area contributed by atoms with E-state index in [0.29, 0.717) is 13.1 Å². The number of para-hydroxylation sites is 1. The van der Waals surface area contributed by atoms with Crippen LogP contribution >= 0.6 is 15.9 Å². The van der Waals surface area contributed by atoms with E-state index in [0.717, 1.165) is 16.6 Å². The van der Waals surface area contributed by atoms with E-state index in [9.17, 15) is 4.79 Å². The Labute approximate surface area is 134 Å². The van der Waals surface area contributed by atoms with Crippen LogP contribution in [-0.4, -0.2) is 30.8 Å². The fourth-order valence-corrected chi connectivity index (χ4v) is 2.11. The van der Waals surface area contributed by atoms with Gasteiger partial charge in [-0.25, -0.2) is 4.79 Å². The maximum Gasteiger partial charge on any atom is 0.407 e. The lowest BCUT2D eigenvalue weighted by Gasteiger charge is -2.21. The van der Waals surface area contributed by atoms with Gasteiger partial charge in [-0.1, -0.05) is 12.1 Å². The molecule has 1 amide bonds. The molecule has 0 aliphatic rings. The van der Waals surface area contributed by atoms with Crippen LogP contribution in [0.4, 0.5) is 10.5 Å². The highest BCUT2D eigenvalue weighted by atomic mass is 79.9. The van der Waals surface area contributed by atoms with Crippen LogP contribution in [0, 0.1) is 0 Å². The number of nitrogens with two attached hydrogens (primary N) is 1. The molecule has 1 unspecified atom stereocenters. The van der Waals surface area contributed by atoms with Crippen LogP contribution in [0.25, 0.3) is 0 Å². The molecule has 0 heterocycles. The van der Waals surface area contributed by atoms with Crippen molar-refractivity contribution < 1.29 is 9.53 Å². The SMILES string of the molecule is CC(C)(C)OC(=O)NCCC(CN)Nc1ccccc1Br. The molecule has 0 bridgehead atoms. The van der Waals surface area contributed by atoms with Gasteiger partial charge in [-0.15, -0.1) is 0 Å². The Hall–Kier alpha value is -1.27. The monoisotopic (exact) mass is 357 g/mol. The number of nitrogens with one attached hydrogen (secondary N) is 2. The van der Waals surface area contributed by atoms with Gasteiger partial charge in [-0.05, 0) is 55.3 Å². The molecule has 0 spiro atoms. The third kappa shape index (κ3) is 7.34. The summed E-state index contributed by atoms with van der Waals surface area (Å²) < 4.78 is 6.17. The zero-order valence-corrected chi connectivity index (χ0v) is 14.4. The van der Waals surface area contributed by atoms with E-state index >= 15 is 0 Å². The number of halogens is 1. The minimum Gasteiger partial charge on any atom is -0.444 e. The summed E-state index contributed by atoms with van der Waals surface area (Å²) in [5.74, 6) is 0. The molecule has 118 valence electrons. The van der Waals surface area contributed by atoms with Gasteiger partial charge in [0.2, 0.25) is 0 Å². The number of carbonyl (C=O) groups is 1. The first-order valence-electron chi connectivity index (χ1n) is 7.00. The number of amides is 1. The Balaban J connectivity index is 2.38. The maximum atomic E-state index is 11.5. The molecule has 0 radical (unpaired) electrons. The van der Waals surface area contributed by atoms with Crippen LogP contribution in [0.15, 0.2) is 28.7 Å². The standard InChI is InChI=1S/C15H24BrN3O2/c1-15(2,3)21-14(20)18-9-8-11(10-17)19-13-7-5-4-6-12(13)16/h4-7,11,19H,8-10,17H2,1-3H3,(H,18,20). The second kappa shape index (κ2) is 8.24. The fourth-order valence-electron chi connectivity index (χ4n) is 1.71. The number of rotatable bonds is 6. The molecule has 1 aromatic rings. The smallest absolute Gasteiger partial charge is 0.407 e. The molecule has 5 nitrogen and oxygen atoms in total. The van der Waals surface area contributed by atoms with Crippen molar-refractivity contribution in [2.75, 3.05) is 18.4 Å². The van der Waals surface area contributed by atoms with E-state index in [1.54, 1.807) is 0 Å². The Morgan fingerprint density at radius 3 is 2.62 bits per heavy atom. The Bertz CT molecular complexity index is 460. The van der Waals surface area contributed by atoms with E-state index in [-0.39, 0.29) is 6.04 Å². The van der Waals surface area contributed by atoms with Crippen molar-refractivity contribution in [3.63, 3.8) is 0 Å². The van der Waals surface area contributed by atoms with Crippen LogP contribution in [-0.2, 0) is 4.74 Å². The lowest BCUT2D eigenvalue weighted by atomic mass is 10.2. The predicted molar refractivity (Wildman–Crippen MR) is 89.5 cm³/mol. The quantitative estimate of drug-likeness (QED) is 0.730. The van der Waals surface area contributed by atoms with Gasteiger partial charge in [0.25, 0.3) is 0 Å². The summed E-state index contributed by atoms with van der Waals surface area (Å²) in [6.45, 7) is 6.50. The summed E-state index contributed by atoms with van der Waals surface area (Å²) in [5, 5.41) is 6.09. The van der Waals surface area contributed by atoms with E-state index in [4.69, 9.17) is 10.5 Å². The molecule has 0 fully saturated rings. The lowest BCUT2D eigenvalue weighted by Crippen LogP contribution is -2.37. The van der Waals surface area contributed by atoms with Gasteiger partial charge in [0.1, 0.15) is 5.60 Å². The minimum absolute atomic E-state index is 0.0821. The number of ether oxygens (including phenoxy) is 1. The van der Waals surface area contributed by atoms with Crippen molar-refractivity contribution in [3.05, 3.63) is 28.7 Å². The maximum absolute atomic E-state index is 11.5. The summed E-state index contributed by atoms with van der Waals surface area (Å²) in [4.78, 5) is 11.5. The molecule has 1 rings (SSSR count). The van der Waals surface area contributed by atoms with Crippen molar-refractivity contribution in [2.24, 2.45) is 5.73 Å². The van der Waals surface area contributed by atoms with Crippen LogP contribution in [0.3, 0.4) is 0 Å². The highest BCUT2D eigenvalue weighted by Gasteiger charge is 2.16. The number of benzene rings is 1. The van der Waals surface area contributed by atoms with Crippen molar-refractivity contribution >= 4 is 27.7 Å². The summed E-state index contributed by atoms with van der Waals surface area (Å²) >= 11 is 3.49. The van der Waals surface area contributed by atoms with E-state index in [1.165, 1.54) is 0 Å². The molecular weight excluding hydrogens is 334 g/mol. The van der Waals surface area contributed by atoms with Gasteiger partial charge in [0.05, 0.1) is 0 Å². The van der Waals surface area contributed by atoms with E-state index in [2.05, 4.69) is 26.6 Å². The molecular formula is C15H24BrN3O2. The highest BCUT2D eigenvalue weighted by molar-refractivity contribution is 9.10. The average Bonchev–Trinajstić information content (AvgIpc) is 2.37. The van der Waals surface area contributed by atoms with E-state index in [1.807, 2.05) is 45.0 Å². The van der Waals surface area contributed by atoms with Crippen LogP contribution < -0.4 is 16.4 Å². The minimum atomic E-state index is -0.482. The topological polar surface area (TPSA) is 76.4 Å². The predicted octanol–water partition coefficient (Wildman–Crippen LogP) is 3.10. The third-order valence-electron chi connectivity index (χ3n) is 2.68. The van der Waals surface area contributed by atoms with Crippen molar-refractivity contribution in [3.8, 4) is 0 Å². The van der Waals surface area contributed by atoms with Gasteiger partial charge in [-0.2, -0.15) is 0 Å². The zero-order valence-electron chi connectivity index (χ0n) is 12.8. The summed E-state index contributed by atoms with van der Waals surface area (Å²) in [6.07, 6.45) is 0.316. The number of hydrogen-bond donors (Lipinski definition) is 3. The van der Waals surface area contributed by atoms with Crippen LogP contribution in [0.1, 0.15) is 27.2 Å². The largest absolute Gasteiger partial charge is 0.444 e. The van der Waals surface area contributed by atoms with Crippen molar-refractivity contribution in [2.45, 2.75) is 38.8 Å². The highest BCUT2D eigenvalue weighted by Crippen LogP contribution is 2.22. The molecule has 4 N–H and O–H groups in total. The number of hydrogen-bond acceptors (Lipinski definition) is 4. The summed E-state index contributed by atoms with van der Waals surface area (Å²) in [7, 11) is 0. The average molecular weight is 358 g/mol. The lowest BCUT2D eigenvalue weighted by molar-refractivity contribution is 0.0527. The Morgan fingerprint density at radius 2 is 2.05 bits per heavy atom. The van der Waals surface area contributed by atoms with Crippen LogP contribution in [0.5, 0.6) is 0 Å². The van der Waals surface area contributed by atoms with Crippen molar-refractivity contribution in [1.82, 2.24) is 5.32 Å². The van der Waals surface area contributed by atoms with Gasteiger partial charge in [0.15, 0.2) is 0 Å². The fraction of sp³-hybridized carbons (Fsp3) is 0.533. The number of anilines is 1. The molecule has 1 atom stereocenters. The van der Waals surface area contributed by atoms with Gasteiger partial charge in [0, 0.05) is 29.3 Å². The molecule has 21 heavy (non-hydrogen) atoms. The van der Waals surface area contributed by atoms with Gasteiger partial charge in [-0.3, -0.25) is 0 Å². The molecule has 0 aromatic heterocycles. The molecule has 0 saturated heterocycles. The zero-order chi connectivity index (χ0) is 15.9. The Morgan fingerprint density at radius 1 is 1.38 bits per heavy atom. The first-order chi connectivity index (χ1) is 9.81. The molecule has 6 heteroatoms. The molecule has 0 saturated carbocycles. The van der Waals surface area contributed by atoms with E-state index < -0.39 is 11.7 Å². The molecule has 0 aliphatic heterocycles. The Kier molecular flexibility index (Phi) is 6.98. The number of alkyl carbamates (subject to hydrolysis) is 1. The van der Waals surface area contributed by atoms with Gasteiger partial charge >= 0.3 is 6.09 Å². The normalized spacial score (nSPS) is 12.6. The molecule has 0 aliphatic carbocycles. The van der Waals surface area contributed by atoms with Crippen LogP contribution in [0.2, 0.25) is 0 Å². The second-order valence-corrected chi connectivity index (χ2v) is 6.63. The van der Waals surface area contributed by atoms with Gasteiger partial charge < -0.3 is 21.1 Å².